The lowest BCUT2D eigenvalue weighted by atomic mass is 10.2. The van der Waals surface area contributed by atoms with Crippen molar-refractivity contribution in [1.82, 2.24) is 4.98 Å². The van der Waals surface area contributed by atoms with E-state index >= 15 is 0 Å². The summed E-state index contributed by atoms with van der Waals surface area (Å²) in [6, 6.07) is 0.502. The van der Waals surface area contributed by atoms with Crippen LogP contribution in [0.4, 0.5) is 26.3 Å². The molecular formula is C9H8F6N2O2. The van der Waals surface area contributed by atoms with Gasteiger partial charge in [0.05, 0.1) is 12.8 Å². The largest absolute Gasteiger partial charge is 0.574 e. The minimum atomic E-state index is -5.20. The quantitative estimate of drug-likeness (QED) is 0.869. The Morgan fingerprint density at radius 1 is 1.21 bits per heavy atom. The standard InChI is InChI=1S/C9H8F6N2O2/c1-18-6-5(8(10,11)12)2-4(3-16)17-7(6)19-9(13,14)15/h2H,3,16H2,1H3. The highest BCUT2D eigenvalue weighted by molar-refractivity contribution is 5.45. The molecule has 1 aromatic rings. The molecule has 0 unspecified atom stereocenters. The first-order chi connectivity index (χ1) is 8.58. The van der Waals surface area contributed by atoms with Gasteiger partial charge in [0.2, 0.25) is 0 Å². The summed E-state index contributed by atoms with van der Waals surface area (Å²) in [6.45, 7) is -0.485. The van der Waals surface area contributed by atoms with E-state index in [1.54, 1.807) is 0 Å². The first kappa shape index (κ1) is 15.3. The van der Waals surface area contributed by atoms with Gasteiger partial charge < -0.3 is 15.2 Å². The Morgan fingerprint density at radius 3 is 2.16 bits per heavy atom. The van der Waals surface area contributed by atoms with E-state index in [4.69, 9.17) is 5.73 Å². The Balaban J connectivity index is 3.44. The highest BCUT2D eigenvalue weighted by atomic mass is 19.4. The van der Waals surface area contributed by atoms with Crippen LogP contribution in [0, 0.1) is 0 Å². The molecule has 108 valence electrons. The fourth-order valence-corrected chi connectivity index (χ4v) is 1.25. The first-order valence-corrected chi connectivity index (χ1v) is 4.69. The average molecular weight is 290 g/mol. The van der Waals surface area contributed by atoms with Crippen LogP contribution in [0.3, 0.4) is 0 Å². The Kier molecular flexibility index (Phi) is 4.13. The van der Waals surface area contributed by atoms with Crippen molar-refractivity contribution in [3.05, 3.63) is 17.3 Å². The summed E-state index contributed by atoms with van der Waals surface area (Å²) in [4.78, 5) is 3.23. The van der Waals surface area contributed by atoms with Crippen LogP contribution in [0.2, 0.25) is 0 Å². The number of nitrogens with zero attached hydrogens (tertiary/aromatic N) is 1. The van der Waals surface area contributed by atoms with Gasteiger partial charge >= 0.3 is 12.5 Å². The smallest absolute Gasteiger partial charge is 0.491 e. The Labute approximate surface area is 103 Å². The zero-order valence-electron chi connectivity index (χ0n) is 9.39. The van der Waals surface area contributed by atoms with Gasteiger partial charge in [-0.05, 0) is 6.07 Å². The number of hydrogen-bond donors (Lipinski definition) is 1. The van der Waals surface area contributed by atoms with Crippen LogP contribution in [-0.4, -0.2) is 18.5 Å². The van der Waals surface area contributed by atoms with Crippen molar-refractivity contribution in [1.29, 1.82) is 0 Å². The maximum atomic E-state index is 12.7. The third kappa shape index (κ3) is 3.88. The number of nitrogens with two attached hydrogens (primary N) is 1. The normalized spacial score (nSPS) is 12.4. The van der Waals surface area contributed by atoms with E-state index in [1.165, 1.54) is 0 Å². The van der Waals surface area contributed by atoms with Gasteiger partial charge in [-0.25, -0.2) is 4.98 Å². The molecule has 0 amide bonds. The fourth-order valence-electron chi connectivity index (χ4n) is 1.25. The molecule has 1 heterocycles. The molecule has 0 aromatic carbocycles. The van der Waals surface area contributed by atoms with Crippen molar-refractivity contribution in [2.24, 2.45) is 5.73 Å². The molecule has 10 heteroatoms. The van der Waals surface area contributed by atoms with Gasteiger partial charge in [-0.15, -0.1) is 13.2 Å². The van der Waals surface area contributed by atoms with Crippen molar-refractivity contribution < 1.29 is 35.8 Å². The highest BCUT2D eigenvalue weighted by Crippen LogP contribution is 2.42. The summed E-state index contributed by atoms with van der Waals surface area (Å²) in [5.74, 6) is -2.48. The monoisotopic (exact) mass is 290 g/mol. The van der Waals surface area contributed by atoms with Gasteiger partial charge in [0, 0.05) is 6.54 Å². The fraction of sp³-hybridized carbons (Fsp3) is 0.444. The Morgan fingerprint density at radius 2 is 1.79 bits per heavy atom. The van der Waals surface area contributed by atoms with Crippen molar-refractivity contribution >= 4 is 0 Å². The van der Waals surface area contributed by atoms with Crippen molar-refractivity contribution in [3.8, 4) is 11.6 Å². The number of alkyl halides is 6. The van der Waals surface area contributed by atoms with Crippen molar-refractivity contribution in [3.63, 3.8) is 0 Å². The molecule has 0 saturated carbocycles. The van der Waals surface area contributed by atoms with Gasteiger partial charge in [-0.3, -0.25) is 0 Å². The second-order valence-electron chi connectivity index (χ2n) is 3.25. The number of aromatic nitrogens is 1. The number of methoxy groups -OCH3 is 1. The summed E-state index contributed by atoms with van der Waals surface area (Å²) in [7, 11) is 0.775. The zero-order chi connectivity index (χ0) is 14.8. The van der Waals surface area contributed by atoms with Gasteiger partial charge in [-0.1, -0.05) is 0 Å². The van der Waals surface area contributed by atoms with Crippen LogP contribution in [0.25, 0.3) is 0 Å². The molecule has 0 aliphatic heterocycles. The molecule has 0 atom stereocenters. The molecule has 1 rings (SSSR count). The summed E-state index contributed by atoms with van der Waals surface area (Å²) in [5, 5.41) is 0. The van der Waals surface area contributed by atoms with Crippen LogP contribution in [0.15, 0.2) is 6.07 Å². The lowest BCUT2D eigenvalue weighted by Crippen LogP contribution is -2.21. The summed E-state index contributed by atoms with van der Waals surface area (Å²) < 4.78 is 82.0. The van der Waals surface area contributed by atoms with E-state index in [-0.39, 0.29) is 0 Å². The van der Waals surface area contributed by atoms with E-state index in [0.29, 0.717) is 6.07 Å². The molecule has 1 aromatic heterocycles. The van der Waals surface area contributed by atoms with Gasteiger partial charge in [-0.2, -0.15) is 13.2 Å². The molecule has 0 fully saturated rings. The first-order valence-electron chi connectivity index (χ1n) is 4.69. The molecule has 4 nitrogen and oxygen atoms in total. The molecule has 0 saturated heterocycles. The number of halogens is 6. The summed E-state index contributed by atoms with van der Waals surface area (Å²) in [5.41, 5.74) is 3.23. The maximum Gasteiger partial charge on any atom is 0.574 e. The number of rotatable bonds is 3. The minimum Gasteiger partial charge on any atom is -0.491 e. The molecule has 2 N–H and O–H groups in total. The average Bonchev–Trinajstić information content (AvgIpc) is 2.24. The molecule has 0 bridgehead atoms. The Hall–Kier alpha value is -1.71. The van der Waals surface area contributed by atoms with Gasteiger partial charge in [0.15, 0.2) is 5.75 Å². The van der Waals surface area contributed by atoms with E-state index in [0.717, 1.165) is 7.11 Å². The minimum absolute atomic E-state index is 0.410. The van der Waals surface area contributed by atoms with Crippen molar-refractivity contribution in [2.45, 2.75) is 19.1 Å². The molecule has 0 spiro atoms. The van der Waals surface area contributed by atoms with Gasteiger partial charge in [0.1, 0.15) is 5.56 Å². The molecule has 0 radical (unpaired) electrons. The molecular weight excluding hydrogens is 282 g/mol. The zero-order valence-corrected chi connectivity index (χ0v) is 9.39. The second-order valence-corrected chi connectivity index (χ2v) is 3.25. The number of pyridine rings is 1. The van der Waals surface area contributed by atoms with Crippen LogP contribution < -0.4 is 15.2 Å². The van der Waals surface area contributed by atoms with Crippen LogP contribution in [0.1, 0.15) is 11.3 Å². The number of ether oxygens (including phenoxy) is 2. The lowest BCUT2D eigenvalue weighted by Gasteiger charge is -2.17. The topological polar surface area (TPSA) is 57.4 Å². The van der Waals surface area contributed by atoms with E-state index in [9.17, 15) is 26.3 Å². The molecule has 19 heavy (non-hydrogen) atoms. The maximum absolute atomic E-state index is 12.7. The predicted octanol–water partition coefficient (Wildman–Crippen LogP) is 2.47. The van der Waals surface area contributed by atoms with Crippen LogP contribution in [0.5, 0.6) is 11.6 Å². The predicted molar refractivity (Wildman–Crippen MR) is 50.4 cm³/mol. The summed E-state index contributed by atoms with van der Waals surface area (Å²) in [6.07, 6.45) is -10.1. The van der Waals surface area contributed by atoms with Crippen LogP contribution in [-0.2, 0) is 12.7 Å². The van der Waals surface area contributed by atoms with Crippen LogP contribution >= 0.6 is 0 Å². The van der Waals surface area contributed by atoms with E-state index in [1.807, 2.05) is 0 Å². The molecule has 0 aliphatic carbocycles. The SMILES string of the molecule is COc1c(C(F)(F)F)cc(CN)nc1OC(F)(F)F. The van der Waals surface area contributed by atoms with E-state index < -0.39 is 42.0 Å². The molecule has 0 aliphatic rings. The second kappa shape index (κ2) is 5.11. The Bertz CT molecular complexity index is 457. The van der Waals surface area contributed by atoms with E-state index in [2.05, 4.69) is 14.5 Å². The highest BCUT2D eigenvalue weighted by Gasteiger charge is 2.40. The van der Waals surface area contributed by atoms with Crippen molar-refractivity contribution in [2.75, 3.05) is 7.11 Å². The van der Waals surface area contributed by atoms with Gasteiger partial charge in [0.25, 0.3) is 5.88 Å². The number of hydrogen-bond acceptors (Lipinski definition) is 4. The third-order valence-electron chi connectivity index (χ3n) is 1.93. The third-order valence-corrected chi connectivity index (χ3v) is 1.93. The summed E-state index contributed by atoms with van der Waals surface area (Å²) >= 11 is 0. The lowest BCUT2D eigenvalue weighted by molar-refractivity contribution is -0.276.